The summed E-state index contributed by atoms with van der Waals surface area (Å²) in [7, 11) is 0. The molecule has 2 N–H and O–H groups in total. The van der Waals surface area contributed by atoms with Crippen molar-refractivity contribution in [2.75, 3.05) is 5.73 Å². The minimum Gasteiger partial charge on any atom is -0.399 e. The molecule has 0 aliphatic heterocycles. The molecule has 0 saturated heterocycles. The second kappa shape index (κ2) is 4.50. The third kappa shape index (κ3) is 2.01. The van der Waals surface area contributed by atoms with Crippen molar-refractivity contribution in [2.45, 2.75) is 0 Å². The zero-order valence-corrected chi connectivity index (χ0v) is 9.17. The molecule has 3 aromatic carbocycles. The van der Waals surface area contributed by atoms with Gasteiger partial charge in [-0.15, -0.1) is 0 Å². The minimum absolute atomic E-state index is 0.817. The number of fused-ring (bicyclic) bond motifs is 2. The van der Waals surface area contributed by atoms with Crippen molar-refractivity contribution in [1.29, 1.82) is 10.8 Å². The Labute approximate surface area is 98.9 Å². The Morgan fingerprint density at radius 3 is 1.82 bits per heavy atom. The maximum absolute atomic E-state index is 6.00. The summed E-state index contributed by atoms with van der Waals surface area (Å²) in [5, 5.41) is 17.0. The summed E-state index contributed by atoms with van der Waals surface area (Å²) in [5.74, 6) is 0. The van der Waals surface area contributed by atoms with Gasteiger partial charge in [-0.05, 0) is 45.8 Å². The van der Waals surface area contributed by atoms with E-state index in [0.717, 1.165) is 5.69 Å². The first kappa shape index (κ1) is 10.9. The van der Waals surface area contributed by atoms with Gasteiger partial charge in [-0.3, -0.25) is 0 Å². The van der Waals surface area contributed by atoms with Gasteiger partial charge in [-0.25, -0.2) is 0 Å². The van der Waals surface area contributed by atoms with Gasteiger partial charge in [-0.2, -0.15) is 0 Å². The number of hydrogen-bond acceptors (Lipinski definition) is 3. The number of nitrogens with zero attached hydrogens (tertiary/aromatic N) is 2. The van der Waals surface area contributed by atoms with Gasteiger partial charge >= 0.3 is 0 Å². The van der Waals surface area contributed by atoms with Crippen molar-refractivity contribution in [3.63, 3.8) is 0 Å². The highest BCUT2D eigenvalue weighted by Crippen LogP contribution is 2.24. The summed E-state index contributed by atoms with van der Waals surface area (Å²) >= 11 is 0. The third-order valence-corrected chi connectivity index (χ3v) is 2.73. The van der Waals surface area contributed by atoms with Gasteiger partial charge in [0.05, 0.1) is 0 Å². The largest absolute Gasteiger partial charge is 0.399 e. The highest BCUT2D eigenvalue weighted by molar-refractivity contribution is 5.99. The van der Waals surface area contributed by atoms with Crippen molar-refractivity contribution >= 4 is 27.2 Å². The lowest BCUT2D eigenvalue weighted by atomic mass is 10.0. The summed E-state index contributed by atoms with van der Waals surface area (Å²) in [6.45, 7) is 0. The van der Waals surface area contributed by atoms with E-state index < -0.39 is 0 Å². The lowest BCUT2D eigenvalue weighted by Crippen LogP contribution is -1.83. The smallest absolute Gasteiger partial charge is 0.0320 e. The Bertz CT molecular complexity index is 686. The molecule has 17 heavy (non-hydrogen) atoms. The van der Waals surface area contributed by atoms with Crippen LogP contribution in [0.25, 0.3) is 21.5 Å². The Morgan fingerprint density at radius 2 is 1.18 bits per heavy atom. The second-order valence-corrected chi connectivity index (χ2v) is 3.81. The van der Waals surface area contributed by atoms with E-state index in [4.69, 9.17) is 16.5 Å². The van der Waals surface area contributed by atoms with E-state index in [1.165, 1.54) is 21.5 Å². The molecule has 0 bridgehead atoms. The van der Waals surface area contributed by atoms with Gasteiger partial charge in [0.1, 0.15) is 0 Å². The molecular formula is C14H11N3. The highest BCUT2D eigenvalue weighted by Gasteiger charge is 1.97. The van der Waals surface area contributed by atoms with Crippen LogP contribution < -0.4 is 5.73 Å². The van der Waals surface area contributed by atoms with Crippen molar-refractivity contribution in [1.82, 2.24) is 0 Å². The maximum Gasteiger partial charge on any atom is 0.0320 e. The minimum atomic E-state index is 0.817. The Morgan fingerprint density at radius 1 is 0.647 bits per heavy atom. The van der Waals surface area contributed by atoms with Gasteiger partial charge in [0.2, 0.25) is 0 Å². The van der Waals surface area contributed by atoms with Crippen LogP contribution in [0.2, 0.25) is 0 Å². The molecule has 0 amide bonds. The summed E-state index contributed by atoms with van der Waals surface area (Å²) in [4.78, 5) is 0. The number of nitrogens with two attached hydrogens (primary N) is 1. The molecule has 0 fully saturated rings. The van der Waals surface area contributed by atoms with E-state index in [2.05, 4.69) is 42.5 Å². The number of hydrogen-bond donors (Lipinski definition) is 1. The molecule has 0 aliphatic carbocycles. The third-order valence-electron chi connectivity index (χ3n) is 2.73. The Hall–Kier alpha value is -2.60. The van der Waals surface area contributed by atoms with Crippen molar-refractivity contribution in [3.05, 3.63) is 54.6 Å². The summed E-state index contributed by atoms with van der Waals surface area (Å²) in [6.07, 6.45) is 0. The molecule has 0 radical (unpaired) electrons. The van der Waals surface area contributed by atoms with Crippen LogP contribution in [0.3, 0.4) is 0 Å². The van der Waals surface area contributed by atoms with Crippen LogP contribution >= 0.6 is 0 Å². The number of anilines is 1. The zero-order valence-electron chi connectivity index (χ0n) is 9.17. The predicted octanol–water partition coefficient (Wildman–Crippen LogP) is 3.61. The van der Waals surface area contributed by atoms with Crippen LogP contribution in [-0.4, -0.2) is 0 Å². The Balaban J connectivity index is 0.000000514. The van der Waals surface area contributed by atoms with Crippen molar-refractivity contribution in [3.8, 4) is 0 Å². The van der Waals surface area contributed by atoms with Gasteiger partial charge < -0.3 is 5.73 Å². The molecule has 0 aliphatic rings. The molecular weight excluding hydrogens is 210 g/mol. The standard InChI is InChI=1S/C14H11N.N2/c15-14-6-5-12-7-10-3-1-2-4-11(10)8-13(12)9-14;1-2/h1-9H,15H2;. The second-order valence-electron chi connectivity index (χ2n) is 3.81. The highest BCUT2D eigenvalue weighted by atomic mass is 14.6. The van der Waals surface area contributed by atoms with E-state index in [9.17, 15) is 0 Å². The van der Waals surface area contributed by atoms with Crippen LogP contribution in [0, 0.1) is 10.8 Å². The van der Waals surface area contributed by atoms with E-state index in [0.29, 0.717) is 0 Å². The van der Waals surface area contributed by atoms with Gasteiger partial charge in [0.15, 0.2) is 0 Å². The monoisotopic (exact) mass is 221 g/mol. The van der Waals surface area contributed by atoms with E-state index >= 15 is 0 Å². The molecule has 3 heteroatoms. The van der Waals surface area contributed by atoms with Crippen molar-refractivity contribution in [2.24, 2.45) is 0 Å². The first-order valence-corrected chi connectivity index (χ1v) is 5.21. The molecule has 82 valence electrons. The van der Waals surface area contributed by atoms with Crippen LogP contribution in [0.1, 0.15) is 0 Å². The van der Waals surface area contributed by atoms with Crippen LogP contribution in [0.15, 0.2) is 54.6 Å². The van der Waals surface area contributed by atoms with Crippen LogP contribution in [0.5, 0.6) is 0 Å². The van der Waals surface area contributed by atoms with E-state index in [-0.39, 0.29) is 0 Å². The van der Waals surface area contributed by atoms with Gasteiger partial charge in [0, 0.05) is 16.5 Å². The summed E-state index contributed by atoms with van der Waals surface area (Å²) in [5.41, 5.74) is 6.59. The Kier molecular flexibility index (Phi) is 2.89. The van der Waals surface area contributed by atoms with E-state index in [1.807, 2.05) is 12.1 Å². The van der Waals surface area contributed by atoms with Crippen molar-refractivity contribution < 1.29 is 0 Å². The number of rotatable bonds is 0. The molecule has 0 atom stereocenters. The first-order valence-electron chi connectivity index (χ1n) is 5.21. The number of benzene rings is 3. The first-order chi connectivity index (χ1) is 8.33. The molecule has 0 spiro atoms. The van der Waals surface area contributed by atoms with E-state index in [1.54, 1.807) is 0 Å². The van der Waals surface area contributed by atoms with Gasteiger partial charge in [-0.1, -0.05) is 30.3 Å². The fraction of sp³-hybridized carbons (Fsp3) is 0. The fourth-order valence-electron chi connectivity index (χ4n) is 1.96. The zero-order chi connectivity index (χ0) is 12.3. The molecule has 3 rings (SSSR count). The number of nitrogen functional groups attached to an aromatic ring is 1. The van der Waals surface area contributed by atoms with Crippen LogP contribution in [-0.2, 0) is 0 Å². The average Bonchev–Trinajstić information content (AvgIpc) is 2.38. The normalized spacial score (nSPS) is 9.76. The summed E-state index contributed by atoms with van der Waals surface area (Å²) < 4.78 is 0. The fourth-order valence-corrected chi connectivity index (χ4v) is 1.96. The molecule has 0 heterocycles. The molecule has 0 aromatic heterocycles. The molecule has 3 nitrogen and oxygen atoms in total. The summed E-state index contributed by atoms with van der Waals surface area (Å²) in [6, 6.07) is 18.8. The average molecular weight is 221 g/mol. The SMILES string of the molecule is N#N.Nc1ccc2cc3ccccc3cc2c1. The lowest BCUT2D eigenvalue weighted by molar-refractivity contribution is 1.15. The van der Waals surface area contributed by atoms with Gasteiger partial charge in [0.25, 0.3) is 0 Å². The quantitative estimate of drug-likeness (QED) is 0.358. The lowest BCUT2D eigenvalue weighted by Gasteiger charge is -2.02. The van der Waals surface area contributed by atoms with Crippen LogP contribution in [0.4, 0.5) is 5.69 Å². The predicted molar refractivity (Wildman–Crippen MR) is 69.3 cm³/mol. The molecule has 0 saturated carbocycles. The molecule has 0 unspecified atom stereocenters. The molecule has 3 aromatic rings. The maximum atomic E-state index is 6.00. The topological polar surface area (TPSA) is 73.6 Å².